The maximum Gasteiger partial charge on any atom is 0.269 e. The second-order valence-electron chi connectivity index (χ2n) is 8.46. The number of para-hydroxylation sites is 1. The fourth-order valence-electron chi connectivity index (χ4n) is 3.29. The van der Waals surface area contributed by atoms with Crippen molar-refractivity contribution in [3.8, 4) is 5.75 Å². The fraction of sp³-hybridized carbons (Fsp3) is 0.381. The zero-order chi connectivity index (χ0) is 23.6. The van der Waals surface area contributed by atoms with Crippen LogP contribution in [-0.4, -0.2) is 52.9 Å². The average Bonchev–Trinajstić information content (AvgIpc) is 3.27. The van der Waals surface area contributed by atoms with Crippen molar-refractivity contribution in [2.45, 2.75) is 26.8 Å². The molecule has 2 atom stereocenters. The molecule has 0 amide bonds. The predicted molar refractivity (Wildman–Crippen MR) is 130 cm³/mol. The summed E-state index contributed by atoms with van der Waals surface area (Å²) in [7, 11) is 5.34. The van der Waals surface area contributed by atoms with Crippen LogP contribution in [0.25, 0.3) is 0 Å². The van der Waals surface area contributed by atoms with Crippen molar-refractivity contribution in [1.29, 1.82) is 0 Å². The van der Waals surface area contributed by atoms with Gasteiger partial charge in [-0.25, -0.2) is 4.21 Å². The van der Waals surface area contributed by atoms with Gasteiger partial charge in [-0.15, -0.1) is 8.80 Å². The zero-order valence-corrected chi connectivity index (χ0v) is 20.4. The summed E-state index contributed by atoms with van der Waals surface area (Å²) in [6.07, 6.45) is 0. The van der Waals surface area contributed by atoms with E-state index < -0.39 is 11.2 Å². The van der Waals surface area contributed by atoms with E-state index in [2.05, 4.69) is 24.4 Å². The van der Waals surface area contributed by atoms with Gasteiger partial charge in [-0.05, 0) is 41.3 Å². The molecular weight excluding hydrogens is 452 g/mol. The van der Waals surface area contributed by atoms with Crippen LogP contribution in [-0.2, 0) is 11.2 Å². The van der Waals surface area contributed by atoms with Crippen LogP contribution < -0.4 is 10.6 Å². The Morgan fingerprint density at radius 2 is 1.91 bits per heavy atom. The van der Waals surface area contributed by atoms with E-state index in [9.17, 15) is 9.32 Å². The quantitative estimate of drug-likeness (QED) is 0.350. The number of aliphatic imine (C=N–C) groups is 1. The summed E-state index contributed by atoms with van der Waals surface area (Å²) in [6, 6.07) is 8.36. The van der Waals surface area contributed by atoms with Gasteiger partial charge in [0.15, 0.2) is 16.9 Å². The smallest absolute Gasteiger partial charge is 0.269 e. The Bertz CT molecular complexity index is 1120. The Hall–Kier alpha value is -2.85. The number of benzene rings is 1. The maximum atomic E-state index is 12.1. The topological polar surface area (TPSA) is 115 Å². The molecule has 0 spiro atoms. The summed E-state index contributed by atoms with van der Waals surface area (Å²) < 4.78 is 25.9. The van der Waals surface area contributed by atoms with Gasteiger partial charge in [-0.1, -0.05) is 26.8 Å². The number of rotatable bonds is 4. The number of aromatic hydroxyl groups is 1. The van der Waals surface area contributed by atoms with Gasteiger partial charge < -0.3 is 25.1 Å². The van der Waals surface area contributed by atoms with E-state index in [1.807, 2.05) is 34.9 Å². The van der Waals surface area contributed by atoms with Gasteiger partial charge in [-0.2, -0.15) is 0 Å². The largest absolute Gasteiger partial charge is 0.505 e. The second kappa shape index (κ2) is 9.33. The molecule has 2 heterocycles. The minimum absolute atomic E-state index is 0.00767. The summed E-state index contributed by atoms with van der Waals surface area (Å²) in [5, 5.41) is 17.4. The zero-order valence-electron chi connectivity index (χ0n) is 18.8. The van der Waals surface area contributed by atoms with E-state index in [1.165, 1.54) is 0 Å². The Morgan fingerprint density at radius 1 is 1.22 bits per heavy atom. The van der Waals surface area contributed by atoms with Gasteiger partial charge in [-0.3, -0.25) is 4.99 Å². The Balaban J connectivity index is 1.90. The van der Waals surface area contributed by atoms with E-state index in [4.69, 9.17) is 16.0 Å². The number of amidine groups is 3. The normalized spacial score (nSPS) is 17.6. The van der Waals surface area contributed by atoms with Crippen molar-refractivity contribution >= 4 is 46.0 Å². The van der Waals surface area contributed by atoms with E-state index >= 15 is 0 Å². The monoisotopic (exact) mass is 478 g/mol. The van der Waals surface area contributed by atoms with E-state index in [0.717, 1.165) is 0 Å². The lowest BCUT2D eigenvalue weighted by Gasteiger charge is -2.30. The first-order chi connectivity index (χ1) is 15.0. The van der Waals surface area contributed by atoms with Crippen LogP contribution in [0.2, 0.25) is 5.22 Å². The van der Waals surface area contributed by atoms with Crippen molar-refractivity contribution in [3.05, 3.63) is 46.9 Å². The Morgan fingerprint density at radius 3 is 2.47 bits per heavy atom. The van der Waals surface area contributed by atoms with Gasteiger partial charge in [0.05, 0.1) is 17.3 Å². The molecule has 2 aromatic rings. The number of anilines is 1. The summed E-state index contributed by atoms with van der Waals surface area (Å²) in [5.41, 5.74) is 0.636. The average molecular weight is 479 g/mol. The highest BCUT2D eigenvalue weighted by atomic mass is 35.5. The minimum Gasteiger partial charge on any atom is -0.505 e. The molecule has 0 saturated heterocycles. The number of hydrogen-bond donors (Lipinski definition) is 3. The van der Waals surface area contributed by atoms with Crippen LogP contribution in [0.5, 0.6) is 5.75 Å². The molecule has 1 aromatic heterocycles. The summed E-state index contributed by atoms with van der Waals surface area (Å²) >= 11 is 4.17. The minimum atomic E-state index is -1.80. The number of halogens is 1. The van der Waals surface area contributed by atoms with Crippen LogP contribution in [0.1, 0.15) is 38.1 Å². The molecule has 3 N–H and O–H groups in total. The molecule has 11 heteroatoms. The van der Waals surface area contributed by atoms with Gasteiger partial charge in [0, 0.05) is 21.1 Å². The van der Waals surface area contributed by atoms with Crippen LogP contribution in [0.15, 0.2) is 48.5 Å². The molecule has 32 heavy (non-hydrogen) atoms. The number of phenolic OH excluding ortho intramolecular Hbond substituents is 1. The highest BCUT2D eigenvalue weighted by molar-refractivity contribution is 7.83. The van der Waals surface area contributed by atoms with E-state index in [0.29, 0.717) is 22.8 Å². The molecule has 172 valence electrons. The number of hydrogen-bond acceptors (Lipinski definition) is 6. The Kier molecular flexibility index (Phi) is 6.94. The highest BCUT2D eigenvalue weighted by Gasteiger charge is 2.33. The first kappa shape index (κ1) is 23.8. The number of nitrogens with one attached hydrogen (secondary N) is 2. The molecule has 1 aliphatic heterocycles. The standard InChI is InChI=1S/C21H27ClN6O3S/c1-21(2,3)17(14-10-11-15(22)31-14)25-19-18(26-32(30)27-19)24-13-9-7-8-12(16(13)29)20(23-4)28(5)6/h7-11,17,29H,1-6H3,(H,24,26)(H,25,27)/t17-,32?/m0/s1. The first-order valence-corrected chi connectivity index (χ1v) is 11.3. The van der Waals surface area contributed by atoms with Gasteiger partial charge >= 0.3 is 0 Å². The molecule has 9 nitrogen and oxygen atoms in total. The van der Waals surface area contributed by atoms with Gasteiger partial charge in [0.1, 0.15) is 17.3 Å². The Labute approximate surface area is 195 Å². The lowest BCUT2D eigenvalue weighted by molar-refractivity contribution is 0.264. The van der Waals surface area contributed by atoms with Crippen LogP contribution in [0.4, 0.5) is 5.69 Å². The van der Waals surface area contributed by atoms with Crippen molar-refractivity contribution < 1.29 is 13.7 Å². The number of furan rings is 1. The molecule has 1 unspecified atom stereocenters. The van der Waals surface area contributed by atoms with Crippen molar-refractivity contribution in [2.24, 2.45) is 19.2 Å². The van der Waals surface area contributed by atoms with Crippen LogP contribution in [0.3, 0.4) is 0 Å². The lowest BCUT2D eigenvalue weighted by Crippen LogP contribution is -2.41. The van der Waals surface area contributed by atoms with Crippen molar-refractivity contribution in [1.82, 2.24) is 10.2 Å². The highest BCUT2D eigenvalue weighted by Crippen LogP contribution is 2.35. The maximum absolute atomic E-state index is 12.1. The fourth-order valence-corrected chi connectivity index (χ4v) is 4.06. The third-order valence-electron chi connectivity index (χ3n) is 4.75. The first-order valence-electron chi connectivity index (χ1n) is 9.86. The molecule has 0 radical (unpaired) electrons. The second-order valence-corrected chi connectivity index (χ2v) is 9.66. The molecule has 0 saturated carbocycles. The molecule has 0 bridgehead atoms. The summed E-state index contributed by atoms with van der Waals surface area (Å²) in [5.74, 6) is 1.74. The van der Waals surface area contributed by atoms with Crippen molar-refractivity contribution in [3.63, 3.8) is 0 Å². The molecule has 3 rings (SSSR count). The predicted octanol–water partition coefficient (Wildman–Crippen LogP) is 3.75. The molecule has 0 fully saturated rings. The van der Waals surface area contributed by atoms with E-state index in [-0.39, 0.29) is 34.1 Å². The van der Waals surface area contributed by atoms with Gasteiger partial charge in [0.2, 0.25) is 0 Å². The number of nitrogens with zero attached hydrogens (tertiary/aromatic N) is 4. The van der Waals surface area contributed by atoms with Gasteiger partial charge in [0.25, 0.3) is 11.2 Å². The third kappa shape index (κ3) is 5.13. The number of phenols is 1. The summed E-state index contributed by atoms with van der Waals surface area (Å²) in [6.45, 7) is 6.08. The van der Waals surface area contributed by atoms with Crippen LogP contribution >= 0.6 is 11.6 Å². The third-order valence-corrected chi connectivity index (χ3v) is 5.63. The SMILES string of the molecule is CN=C(c1cccc(NC2=NS(=O)N=C2N[C@@H](c2ccc(Cl)o2)C(C)(C)C)c1O)N(C)C. The molecule has 1 aromatic carbocycles. The van der Waals surface area contributed by atoms with Crippen LogP contribution in [0, 0.1) is 5.41 Å². The molecular formula is C21H27ClN6O3S. The van der Waals surface area contributed by atoms with E-state index in [1.54, 1.807) is 42.3 Å². The lowest BCUT2D eigenvalue weighted by atomic mass is 9.85. The summed E-state index contributed by atoms with van der Waals surface area (Å²) in [4.78, 5) is 6.04. The molecule has 1 aliphatic rings. The van der Waals surface area contributed by atoms with Crippen molar-refractivity contribution in [2.75, 3.05) is 26.5 Å². The molecule has 0 aliphatic carbocycles.